The first-order chi connectivity index (χ1) is 8.81. The molecule has 0 aliphatic heterocycles. The number of aliphatic hydroxyl groups excluding tert-OH is 1. The van der Waals surface area contributed by atoms with E-state index < -0.39 is 0 Å². The molecule has 0 amide bonds. The van der Waals surface area contributed by atoms with Crippen molar-refractivity contribution in [2.45, 2.75) is 18.9 Å². The fraction of sp³-hybridized carbons (Fsp3) is 0.250. The summed E-state index contributed by atoms with van der Waals surface area (Å²) in [6, 6.07) is 18.7. The molecule has 0 unspecified atom stereocenters. The Labute approximate surface area is 108 Å². The number of nitrogens with two attached hydrogens (primary N) is 1. The van der Waals surface area contributed by atoms with Crippen LogP contribution in [-0.4, -0.2) is 11.7 Å². The highest BCUT2D eigenvalue weighted by atomic mass is 16.2. The Hall–Kier alpha value is -1.64. The van der Waals surface area contributed by atoms with Crippen molar-refractivity contribution >= 4 is 0 Å². The molecule has 2 aromatic rings. The van der Waals surface area contributed by atoms with Gasteiger partial charge in [-0.2, -0.15) is 0 Å². The molecular formula is C16H19NO. The topological polar surface area (TPSA) is 46.2 Å². The minimum absolute atomic E-state index is 0.0157. The molecular weight excluding hydrogens is 222 g/mol. The molecule has 0 aliphatic rings. The van der Waals surface area contributed by atoms with Gasteiger partial charge in [-0.15, -0.1) is 0 Å². The second kappa shape index (κ2) is 6.34. The number of benzene rings is 2. The van der Waals surface area contributed by atoms with Gasteiger partial charge in [-0.3, -0.25) is 0 Å². The first-order valence-corrected chi connectivity index (χ1v) is 6.33. The lowest BCUT2D eigenvalue weighted by Crippen LogP contribution is -2.10. The number of hydrogen-bond donors (Lipinski definition) is 2. The highest BCUT2D eigenvalue weighted by Gasteiger charge is 2.05. The van der Waals surface area contributed by atoms with Crippen molar-refractivity contribution in [2.75, 3.05) is 6.61 Å². The van der Waals surface area contributed by atoms with Crippen molar-refractivity contribution in [2.24, 2.45) is 5.73 Å². The van der Waals surface area contributed by atoms with E-state index in [0.29, 0.717) is 0 Å². The van der Waals surface area contributed by atoms with E-state index in [2.05, 4.69) is 36.4 Å². The van der Waals surface area contributed by atoms with Crippen LogP contribution in [0.2, 0.25) is 0 Å². The largest absolute Gasteiger partial charge is 0.396 e. The maximum Gasteiger partial charge on any atom is 0.0431 e. The van der Waals surface area contributed by atoms with Crippen LogP contribution in [0.25, 0.3) is 11.1 Å². The molecule has 0 fully saturated rings. The van der Waals surface area contributed by atoms with Gasteiger partial charge in [-0.05, 0) is 29.5 Å². The predicted molar refractivity (Wildman–Crippen MR) is 75.1 cm³/mol. The van der Waals surface area contributed by atoms with Gasteiger partial charge in [0.1, 0.15) is 0 Å². The third-order valence-electron chi connectivity index (χ3n) is 3.12. The molecule has 0 saturated carbocycles. The van der Waals surface area contributed by atoms with Gasteiger partial charge < -0.3 is 10.8 Å². The minimum Gasteiger partial charge on any atom is -0.396 e. The van der Waals surface area contributed by atoms with Gasteiger partial charge in [-0.25, -0.2) is 0 Å². The Morgan fingerprint density at radius 2 is 1.50 bits per heavy atom. The Kier molecular flexibility index (Phi) is 4.51. The lowest BCUT2D eigenvalue weighted by molar-refractivity contribution is 0.280. The lowest BCUT2D eigenvalue weighted by atomic mass is 9.99. The van der Waals surface area contributed by atoms with Gasteiger partial charge in [0.15, 0.2) is 0 Å². The normalized spacial score (nSPS) is 12.3. The fourth-order valence-corrected chi connectivity index (χ4v) is 2.03. The number of aliphatic hydroxyl groups is 1. The molecule has 2 aromatic carbocycles. The molecule has 0 aromatic heterocycles. The number of rotatable bonds is 5. The van der Waals surface area contributed by atoms with Gasteiger partial charge in [0.05, 0.1) is 0 Å². The fourth-order valence-electron chi connectivity index (χ4n) is 2.03. The molecule has 0 heterocycles. The van der Waals surface area contributed by atoms with Crippen LogP contribution in [0.3, 0.4) is 0 Å². The molecule has 0 bridgehead atoms. The van der Waals surface area contributed by atoms with E-state index in [-0.39, 0.29) is 12.6 Å². The van der Waals surface area contributed by atoms with Crippen LogP contribution in [0.5, 0.6) is 0 Å². The quantitative estimate of drug-likeness (QED) is 0.844. The van der Waals surface area contributed by atoms with Crippen LogP contribution < -0.4 is 5.73 Å². The lowest BCUT2D eigenvalue weighted by Gasteiger charge is -2.12. The summed E-state index contributed by atoms with van der Waals surface area (Å²) < 4.78 is 0. The average molecular weight is 241 g/mol. The van der Waals surface area contributed by atoms with Crippen LogP contribution in [-0.2, 0) is 0 Å². The van der Waals surface area contributed by atoms with Crippen LogP contribution in [0.1, 0.15) is 24.4 Å². The van der Waals surface area contributed by atoms with Gasteiger partial charge in [0.25, 0.3) is 0 Å². The molecule has 0 aliphatic carbocycles. The maximum absolute atomic E-state index is 8.80. The van der Waals surface area contributed by atoms with Crippen LogP contribution in [0.15, 0.2) is 54.6 Å². The highest BCUT2D eigenvalue weighted by molar-refractivity contribution is 5.63. The van der Waals surface area contributed by atoms with E-state index >= 15 is 0 Å². The highest BCUT2D eigenvalue weighted by Crippen LogP contribution is 2.22. The van der Waals surface area contributed by atoms with Crippen molar-refractivity contribution in [3.05, 3.63) is 60.2 Å². The van der Waals surface area contributed by atoms with Crippen LogP contribution in [0.4, 0.5) is 0 Å². The smallest absolute Gasteiger partial charge is 0.0431 e. The Morgan fingerprint density at radius 3 is 2.11 bits per heavy atom. The summed E-state index contributed by atoms with van der Waals surface area (Å²) >= 11 is 0. The Balaban J connectivity index is 2.10. The Bertz CT molecular complexity index is 464. The summed E-state index contributed by atoms with van der Waals surface area (Å²) in [5, 5.41) is 8.80. The van der Waals surface area contributed by atoms with Crippen molar-refractivity contribution in [3.63, 3.8) is 0 Å². The van der Waals surface area contributed by atoms with E-state index in [0.717, 1.165) is 18.4 Å². The van der Waals surface area contributed by atoms with E-state index in [1.54, 1.807) is 0 Å². The maximum atomic E-state index is 8.80. The molecule has 0 spiro atoms. The third-order valence-corrected chi connectivity index (χ3v) is 3.12. The molecule has 0 saturated heterocycles. The monoisotopic (exact) mass is 241 g/mol. The molecule has 2 nitrogen and oxygen atoms in total. The van der Waals surface area contributed by atoms with Gasteiger partial charge in [0, 0.05) is 12.6 Å². The van der Waals surface area contributed by atoms with Gasteiger partial charge in [-0.1, -0.05) is 54.6 Å². The standard InChI is InChI=1S/C16H19NO/c17-16(7-4-12-18)15-10-8-14(9-11-15)13-5-2-1-3-6-13/h1-3,5-6,8-11,16,18H,4,7,12,17H2/t16-/m0/s1. The first kappa shape index (κ1) is 12.8. The second-order valence-corrected chi connectivity index (χ2v) is 4.46. The van der Waals surface area contributed by atoms with Crippen molar-refractivity contribution < 1.29 is 5.11 Å². The molecule has 0 radical (unpaired) electrons. The number of hydrogen-bond acceptors (Lipinski definition) is 2. The van der Waals surface area contributed by atoms with Crippen molar-refractivity contribution in [3.8, 4) is 11.1 Å². The molecule has 94 valence electrons. The minimum atomic E-state index is 0.0157. The second-order valence-electron chi connectivity index (χ2n) is 4.46. The zero-order chi connectivity index (χ0) is 12.8. The molecule has 1 atom stereocenters. The first-order valence-electron chi connectivity index (χ1n) is 6.33. The summed E-state index contributed by atoms with van der Waals surface area (Å²) in [6.07, 6.45) is 1.57. The van der Waals surface area contributed by atoms with E-state index in [4.69, 9.17) is 10.8 Å². The third kappa shape index (κ3) is 3.19. The Morgan fingerprint density at radius 1 is 0.889 bits per heavy atom. The molecule has 3 N–H and O–H groups in total. The van der Waals surface area contributed by atoms with Crippen molar-refractivity contribution in [1.29, 1.82) is 0 Å². The summed E-state index contributed by atoms with van der Waals surface area (Å²) in [5.41, 5.74) is 9.60. The summed E-state index contributed by atoms with van der Waals surface area (Å²) in [5.74, 6) is 0. The summed E-state index contributed by atoms with van der Waals surface area (Å²) in [7, 11) is 0. The summed E-state index contributed by atoms with van der Waals surface area (Å²) in [4.78, 5) is 0. The van der Waals surface area contributed by atoms with Gasteiger partial charge in [0.2, 0.25) is 0 Å². The zero-order valence-corrected chi connectivity index (χ0v) is 10.4. The predicted octanol–water partition coefficient (Wildman–Crippen LogP) is 3.13. The van der Waals surface area contributed by atoms with Crippen LogP contribution >= 0.6 is 0 Å². The molecule has 2 heteroatoms. The molecule has 2 rings (SSSR count). The van der Waals surface area contributed by atoms with Crippen molar-refractivity contribution in [1.82, 2.24) is 0 Å². The van der Waals surface area contributed by atoms with E-state index in [1.165, 1.54) is 11.1 Å². The summed E-state index contributed by atoms with van der Waals surface area (Å²) in [6.45, 7) is 0.204. The van der Waals surface area contributed by atoms with E-state index in [1.807, 2.05) is 18.2 Å². The zero-order valence-electron chi connectivity index (χ0n) is 10.4. The SMILES string of the molecule is N[C@@H](CCCO)c1ccc(-c2ccccc2)cc1. The van der Waals surface area contributed by atoms with E-state index in [9.17, 15) is 0 Å². The van der Waals surface area contributed by atoms with Gasteiger partial charge >= 0.3 is 0 Å². The average Bonchev–Trinajstić information content (AvgIpc) is 2.46. The molecule has 18 heavy (non-hydrogen) atoms. The van der Waals surface area contributed by atoms with Crippen LogP contribution in [0, 0.1) is 0 Å².